The molecule has 0 spiro atoms. The monoisotopic (exact) mass is 260 g/mol. The molecule has 2 rings (SSSR count). The van der Waals surface area contributed by atoms with Gasteiger partial charge in [-0.15, -0.1) is 0 Å². The minimum atomic E-state index is 0.0389. The molecule has 1 fully saturated rings. The minimum absolute atomic E-state index is 0.0389. The summed E-state index contributed by atoms with van der Waals surface area (Å²) in [5.74, 6) is 0.264. The fourth-order valence-corrected chi connectivity index (χ4v) is 2.57. The molecule has 0 aromatic heterocycles. The Morgan fingerprint density at radius 1 is 1.37 bits per heavy atom. The van der Waals surface area contributed by atoms with E-state index in [9.17, 15) is 4.79 Å². The van der Waals surface area contributed by atoms with Crippen LogP contribution >= 0.6 is 0 Å². The summed E-state index contributed by atoms with van der Waals surface area (Å²) in [5.41, 5.74) is 2.47. The number of amides is 1. The number of carbonyl (C=O) groups is 1. The van der Waals surface area contributed by atoms with Crippen molar-refractivity contribution in [2.45, 2.75) is 45.7 Å². The highest BCUT2D eigenvalue weighted by atomic mass is 16.2. The van der Waals surface area contributed by atoms with Gasteiger partial charge in [-0.2, -0.15) is 0 Å². The Kier molecular flexibility index (Phi) is 4.97. The smallest absolute Gasteiger partial charge is 0.240 e. The number of nitrogens with one attached hydrogen (secondary N) is 1. The Balaban J connectivity index is 2.02. The van der Waals surface area contributed by atoms with Crippen LogP contribution in [0.25, 0.3) is 0 Å². The zero-order chi connectivity index (χ0) is 13.7. The van der Waals surface area contributed by atoms with Crippen LogP contribution in [-0.4, -0.2) is 29.9 Å². The van der Waals surface area contributed by atoms with Gasteiger partial charge in [0.1, 0.15) is 0 Å². The van der Waals surface area contributed by atoms with Gasteiger partial charge in [-0.25, -0.2) is 0 Å². The Hall–Kier alpha value is -1.35. The molecule has 0 radical (unpaired) electrons. The normalized spacial score (nSPS) is 18.5. The molecule has 3 heteroatoms. The maximum absolute atomic E-state index is 12.5. The standard InChI is InChI=1S/C16H24N2O/c1-3-11-18(16(19)15-5-4-10-17-15)12-14-8-6-13(2)7-9-14/h6-9,15,17H,3-5,10-12H2,1-2H3/t15-/m1/s1. The molecular formula is C16H24N2O. The van der Waals surface area contributed by atoms with Crippen molar-refractivity contribution in [1.29, 1.82) is 0 Å². The van der Waals surface area contributed by atoms with Gasteiger partial charge in [0.2, 0.25) is 5.91 Å². The van der Waals surface area contributed by atoms with Crippen molar-refractivity contribution < 1.29 is 4.79 Å². The summed E-state index contributed by atoms with van der Waals surface area (Å²) in [5, 5.41) is 3.30. The van der Waals surface area contributed by atoms with Crippen LogP contribution in [0.15, 0.2) is 24.3 Å². The van der Waals surface area contributed by atoms with Gasteiger partial charge >= 0.3 is 0 Å². The van der Waals surface area contributed by atoms with Crippen molar-refractivity contribution in [1.82, 2.24) is 10.2 Å². The zero-order valence-corrected chi connectivity index (χ0v) is 12.0. The highest BCUT2D eigenvalue weighted by Gasteiger charge is 2.26. The van der Waals surface area contributed by atoms with Gasteiger partial charge < -0.3 is 10.2 Å². The molecule has 1 saturated heterocycles. The molecule has 19 heavy (non-hydrogen) atoms. The van der Waals surface area contributed by atoms with Crippen LogP contribution in [0.3, 0.4) is 0 Å². The van der Waals surface area contributed by atoms with E-state index in [1.165, 1.54) is 11.1 Å². The van der Waals surface area contributed by atoms with Gasteiger partial charge in [0, 0.05) is 13.1 Å². The molecule has 1 atom stereocenters. The second kappa shape index (κ2) is 6.71. The maximum Gasteiger partial charge on any atom is 0.240 e. The van der Waals surface area contributed by atoms with E-state index in [-0.39, 0.29) is 11.9 Å². The van der Waals surface area contributed by atoms with Crippen LogP contribution < -0.4 is 5.32 Å². The summed E-state index contributed by atoms with van der Waals surface area (Å²) in [7, 11) is 0. The van der Waals surface area contributed by atoms with Crippen molar-refractivity contribution >= 4 is 5.91 Å². The Bertz CT molecular complexity index is 407. The predicted octanol–water partition coefficient (Wildman–Crippen LogP) is 2.49. The first-order chi connectivity index (χ1) is 9.20. The number of aryl methyl sites for hydroxylation is 1. The molecule has 1 amide bonds. The molecule has 1 aliphatic heterocycles. The van der Waals surface area contributed by atoms with E-state index in [1.807, 2.05) is 4.90 Å². The van der Waals surface area contributed by atoms with Crippen LogP contribution in [0.1, 0.15) is 37.3 Å². The molecule has 1 aliphatic rings. The van der Waals surface area contributed by atoms with Crippen LogP contribution in [-0.2, 0) is 11.3 Å². The molecule has 1 heterocycles. The molecular weight excluding hydrogens is 236 g/mol. The summed E-state index contributed by atoms with van der Waals surface area (Å²) in [6.45, 7) is 6.75. The van der Waals surface area contributed by atoms with E-state index < -0.39 is 0 Å². The summed E-state index contributed by atoms with van der Waals surface area (Å²) < 4.78 is 0. The van der Waals surface area contributed by atoms with E-state index in [4.69, 9.17) is 0 Å². The van der Waals surface area contributed by atoms with E-state index in [1.54, 1.807) is 0 Å². The Morgan fingerprint density at radius 3 is 2.68 bits per heavy atom. The van der Waals surface area contributed by atoms with Crippen LogP contribution in [0.2, 0.25) is 0 Å². The highest BCUT2D eigenvalue weighted by Crippen LogP contribution is 2.13. The van der Waals surface area contributed by atoms with Gasteiger partial charge in [-0.3, -0.25) is 4.79 Å². The lowest BCUT2D eigenvalue weighted by Crippen LogP contribution is -2.43. The van der Waals surface area contributed by atoms with Crippen LogP contribution in [0.5, 0.6) is 0 Å². The highest BCUT2D eigenvalue weighted by molar-refractivity contribution is 5.82. The van der Waals surface area contributed by atoms with Crippen molar-refractivity contribution in [3.8, 4) is 0 Å². The Labute approximate surface area is 116 Å². The zero-order valence-electron chi connectivity index (χ0n) is 12.0. The number of carbonyl (C=O) groups excluding carboxylic acids is 1. The first-order valence-electron chi connectivity index (χ1n) is 7.28. The SMILES string of the molecule is CCCN(Cc1ccc(C)cc1)C(=O)[C@H]1CCCN1. The second-order valence-corrected chi connectivity index (χ2v) is 5.39. The van der Waals surface area contributed by atoms with Gasteiger partial charge in [0.15, 0.2) is 0 Å². The second-order valence-electron chi connectivity index (χ2n) is 5.39. The third-order valence-electron chi connectivity index (χ3n) is 3.66. The number of nitrogens with zero attached hydrogens (tertiary/aromatic N) is 1. The number of hydrogen-bond donors (Lipinski definition) is 1. The van der Waals surface area contributed by atoms with Crippen LogP contribution in [0.4, 0.5) is 0 Å². The lowest BCUT2D eigenvalue weighted by Gasteiger charge is -2.25. The number of benzene rings is 1. The molecule has 0 unspecified atom stereocenters. The van der Waals surface area contributed by atoms with E-state index >= 15 is 0 Å². The molecule has 104 valence electrons. The lowest BCUT2D eigenvalue weighted by molar-refractivity contribution is -0.133. The van der Waals surface area contributed by atoms with Crippen molar-refractivity contribution in [2.24, 2.45) is 0 Å². The average molecular weight is 260 g/mol. The predicted molar refractivity (Wildman–Crippen MR) is 77.9 cm³/mol. The third-order valence-corrected chi connectivity index (χ3v) is 3.66. The van der Waals surface area contributed by atoms with Gasteiger partial charge in [0.25, 0.3) is 0 Å². The van der Waals surface area contributed by atoms with E-state index in [2.05, 4.69) is 43.4 Å². The lowest BCUT2D eigenvalue weighted by atomic mass is 10.1. The van der Waals surface area contributed by atoms with Gasteiger partial charge in [0.05, 0.1) is 6.04 Å². The number of rotatable bonds is 5. The van der Waals surface area contributed by atoms with Gasteiger partial charge in [-0.05, 0) is 38.3 Å². The Morgan fingerprint density at radius 2 is 2.11 bits per heavy atom. The summed E-state index contributed by atoms with van der Waals surface area (Å²) in [4.78, 5) is 14.5. The number of hydrogen-bond acceptors (Lipinski definition) is 2. The van der Waals surface area contributed by atoms with Crippen molar-refractivity contribution in [2.75, 3.05) is 13.1 Å². The van der Waals surface area contributed by atoms with Gasteiger partial charge in [-0.1, -0.05) is 36.8 Å². The topological polar surface area (TPSA) is 32.3 Å². The van der Waals surface area contributed by atoms with E-state index in [0.717, 1.165) is 38.9 Å². The first-order valence-corrected chi connectivity index (χ1v) is 7.28. The first kappa shape index (κ1) is 14.1. The summed E-state index contributed by atoms with van der Waals surface area (Å²) in [6, 6.07) is 8.49. The summed E-state index contributed by atoms with van der Waals surface area (Å²) in [6.07, 6.45) is 3.10. The molecule has 3 nitrogen and oxygen atoms in total. The fraction of sp³-hybridized carbons (Fsp3) is 0.562. The summed E-state index contributed by atoms with van der Waals surface area (Å²) >= 11 is 0. The molecule has 1 N–H and O–H groups in total. The fourth-order valence-electron chi connectivity index (χ4n) is 2.57. The minimum Gasteiger partial charge on any atom is -0.337 e. The maximum atomic E-state index is 12.5. The molecule has 0 saturated carbocycles. The third kappa shape index (κ3) is 3.80. The quantitative estimate of drug-likeness (QED) is 0.882. The van der Waals surface area contributed by atoms with Crippen LogP contribution in [0, 0.1) is 6.92 Å². The average Bonchev–Trinajstić information content (AvgIpc) is 2.94. The van der Waals surface area contributed by atoms with Crippen molar-refractivity contribution in [3.63, 3.8) is 0 Å². The van der Waals surface area contributed by atoms with E-state index in [0.29, 0.717) is 0 Å². The molecule has 1 aromatic rings. The molecule has 0 aliphatic carbocycles. The molecule has 0 bridgehead atoms. The molecule has 1 aromatic carbocycles. The van der Waals surface area contributed by atoms with Crippen molar-refractivity contribution in [3.05, 3.63) is 35.4 Å². The largest absolute Gasteiger partial charge is 0.337 e.